The van der Waals surface area contributed by atoms with Gasteiger partial charge >= 0.3 is 0 Å². The van der Waals surface area contributed by atoms with Gasteiger partial charge in [0.1, 0.15) is 0 Å². The van der Waals surface area contributed by atoms with Crippen LogP contribution in [0.15, 0.2) is 65.4 Å². The number of hydrogen-bond donors (Lipinski definition) is 1. The smallest absolute Gasteiger partial charge is 0.0665 e. The summed E-state index contributed by atoms with van der Waals surface area (Å²) in [5, 5.41) is 10.0. The van der Waals surface area contributed by atoms with Crippen LogP contribution in [0.1, 0.15) is 47.5 Å². The van der Waals surface area contributed by atoms with Gasteiger partial charge in [-0.1, -0.05) is 71.4 Å². The minimum Gasteiger partial charge on any atom is -0.392 e. The summed E-state index contributed by atoms with van der Waals surface area (Å²) in [7, 11) is 0. The first kappa shape index (κ1) is 19.5. The van der Waals surface area contributed by atoms with Crippen molar-refractivity contribution in [3.8, 4) is 0 Å². The van der Waals surface area contributed by atoms with Crippen molar-refractivity contribution in [3.63, 3.8) is 0 Å². The molecule has 2 rings (SSSR count). The van der Waals surface area contributed by atoms with Crippen LogP contribution in [0.4, 0.5) is 5.69 Å². The highest BCUT2D eigenvalue weighted by molar-refractivity contribution is 5.62. The van der Waals surface area contributed by atoms with Gasteiger partial charge in [-0.25, -0.2) is 0 Å². The van der Waals surface area contributed by atoms with Gasteiger partial charge in [0, 0.05) is 11.4 Å². The fourth-order valence-electron chi connectivity index (χ4n) is 3.69. The highest BCUT2D eigenvalue weighted by Crippen LogP contribution is 2.38. The highest BCUT2D eigenvalue weighted by Gasteiger charge is 2.33. The van der Waals surface area contributed by atoms with Crippen LogP contribution in [-0.2, 0) is 0 Å². The lowest BCUT2D eigenvalue weighted by Crippen LogP contribution is -2.44. The third-order valence-corrected chi connectivity index (χ3v) is 4.70. The van der Waals surface area contributed by atoms with Gasteiger partial charge in [0.2, 0.25) is 0 Å². The average molecular weight is 340 g/mol. The van der Waals surface area contributed by atoms with Crippen LogP contribution >= 0.6 is 0 Å². The molecule has 0 aromatic heterocycles. The molecule has 0 saturated heterocycles. The number of hydrogen-bond acceptors (Lipinski definition) is 2. The molecule has 1 aliphatic rings. The zero-order valence-electron chi connectivity index (χ0n) is 16.4. The summed E-state index contributed by atoms with van der Waals surface area (Å²) in [5.41, 5.74) is 4.87. The number of aliphatic hydroxyl groups excluding tert-OH is 1. The van der Waals surface area contributed by atoms with Crippen molar-refractivity contribution >= 4 is 5.69 Å². The maximum absolute atomic E-state index is 10.0. The third-order valence-electron chi connectivity index (χ3n) is 4.70. The van der Waals surface area contributed by atoms with Crippen molar-refractivity contribution in [1.82, 2.24) is 0 Å². The summed E-state index contributed by atoms with van der Waals surface area (Å²) in [5.74, 6) is 0.813. The largest absolute Gasteiger partial charge is 0.392 e. The van der Waals surface area contributed by atoms with E-state index in [-0.39, 0.29) is 12.6 Å². The average Bonchev–Trinajstić information content (AvgIpc) is 2.60. The zero-order chi connectivity index (χ0) is 18.4. The van der Waals surface area contributed by atoms with Crippen LogP contribution in [-0.4, -0.2) is 17.8 Å². The first-order chi connectivity index (χ1) is 12.0. The Labute approximate surface area is 153 Å². The van der Waals surface area contributed by atoms with Crippen molar-refractivity contribution in [2.75, 3.05) is 11.5 Å². The zero-order valence-corrected chi connectivity index (χ0v) is 16.4. The topological polar surface area (TPSA) is 23.5 Å². The normalized spacial score (nSPS) is 18.6. The molecular weight excluding hydrogens is 306 g/mol. The van der Waals surface area contributed by atoms with Crippen molar-refractivity contribution in [3.05, 3.63) is 65.4 Å². The lowest BCUT2D eigenvalue weighted by atomic mass is 9.85. The van der Waals surface area contributed by atoms with E-state index in [1.165, 1.54) is 17.0 Å². The van der Waals surface area contributed by atoms with Crippen molar-refractivity contribution in [1.29, 1.82) is 0 Å². The number of benzene rings is 1. The molecule has 1 unspecified atom stereocenters. The molecule has 0 aliphatic carbocycles. The molecule has 25 heavy (non-hydrogen) atoms. The van der Waals surface area contributed by atoms with Crippen molar-refractivity contribution in [2.45, 2.75) is 53.5 Å². The predicted molar refractivity (Wildman–Crippen MR) is 109 cm³/mol. The summed E-state index contributed by atoms with van der Waals surface area (Å²) < 4.78 is 0. The SMILES string of the molecule is CCCC=CC1=C(C(C)C)N(c2ccccc2)C(C(C)C)C(CO)=C1. The van der Waals surface area contributed by atoms with Gasteiger partial charge < -0.3 is 10.0 Å². The standard InChI is InChI=1S/C23H33NO/c1-6-7-9-12-19-15-20(16-25)23(18(4)5)24(22(19)17(2)3)21-13-10-8-11-14-21/h8-15,17-18,23,25H,6-7,16H2,1-5H3. The second kappa shape index (κ2) is 9.05. The van der Waals surface area contributed by atoms with Gasteiger partial charge in [0.05, 0.1) is 12.6 Å². The lowest BCUT2D eigenvalue weighted by molar-refractivity contribution is 0.310. The van der Waals surface area contributed by atoms with Crippen LogP contribution in [0.2, 0.25) is 0 Å². The molecular formula is C23H33NO. The van der Waals surface area contributed by atoms with Crippen molar-refractivity contribution < 1.29 is 5.11 Å². The molecule has 0 radical (unpaired) electrons. The van der Waals surface area contributed by atoms with Gasteiger partial charge in [-0.15, -0.1) is 0 Å². The van der Waals surface area contributed by atoms with Gasteiger partial charge in [-0.05, 0) is 47.6 Å². The van der Waals surface area contributed by atoms with E-state index in [2.05, 4.69) is 88.1 Å². The minimum absolute atomic E-state index is 0.0999. The van der Waals surface area contributed by atoms with Crippen LogP contribution < -0.4 is 4.90 Å². The quantitative estimate of drug-likeness (QED) is 0.687. The van der Waals surface area contributed by atoms with E-state index >= 15 is 0 Å². The third kappa shape index (κ3) is 4.43. The second-order valence-corrected chi connectivity index (χ2v) is 7.46. The Bertz CT molecular complexity index is 637. The number of para-hydroxylation sites is 1. The Morgan fingerprint density at radius 1 is 1.12 bits per heavy atom. The van der Waals surface area contributed by atoms with Crippen LogP contribution in [0, 0.1) is 11.8 Å². The molecule has 0 spiro atoms. The van der Waals surface area contributed by atoms with E-state index in [0.717, 1.165) is 18.4 Å². The van der Waals surface area contributed by atoms with E-state index in [0.29, 0.717) is 11.8 Å². The molecule has 1 aromatic rings. The first-order valence-electron chi connectivity index (χ1n) is 9.57. The van der Waals surface area contributed by atoms with Gasteiger partial charge in [0.15, 0.2) is 0 Å². The molecule has 2 heteroatoms. The molecule has 1 aromatic carbocycles. The summed E-state index contributed by atoms with van der Waals surface area (Å²) in [6, 6.07) is 10.8. The Hall–Kier alpha value is -1.80. The number of unbranched alkanes of at least 4 members (excludes halogenated alkanes) is 1. The molecule has 1 atom stereocenters. The lowest BCUT2D eigenvalue weighted by Gasteiger charge is -2.44. The molecule has 0 fully saturated rings. The van der Waals surface area contributed by atoms with E-state index in [9.17, 15) is 5.11 Å². The number of nitrogens with zero attached hydrogens (tertiary/aromatic N) is 1. The van der Waals surface area contributed by atoms with Crippen molar-refractivity contribution in [2.24, 2.45) is 11.8 Å². The summed E-state index contributed by atoms with van der Waals surface area (Å²) in [4.78, 5) is 2.45. The van der Waals surface area contributed by atoms with Crippen LogP contribution in [0.5, 0.6) is 0 Å². The Morgan fingerprint density at radius 2 is 1.80 bits per heavy atom. The fourth-order valence-corrected chi connectivity index (χ4v) is 3.69. The Kier molecular flexibility index (Phi) is 7.07. The monoisotopic (exact) mass is 339 g/mol. The van der Waals surface area contributed by atoms with Crippen LogP contribution in [0.25, 0.3) is 0 Å². The molecule has 1 aliphatic heterocycles. The van der Waals surface area contributed by atoms with Gasteiger partial charge in [-0.2, -0.15) is 0 Å². The molecule has 0 amide bonds. The fraction of sp³-hybridized carbons (Fsp3) is 0.478. The van der Waals surface area contributed by atoms with Crippen LogP contribution in [0.3, 0.4) is 0 Å². The van der Waals surface area contributed by atoms with E-state index in [1.54, 1.807) is 0 Å². The number of rotatable bonds is 7. The highest BCUT2D eigenvalue weighted by atomic mass is 16.3. The molecule has 0 saturated carbocycles. The van der Waals surface area contributed by atoms with E-state index < -0.39 is 0 Å². The molecule has 1 N–H and O–H groups in total. The number of aliphatic hydroxyl groups is 1. The molecule has 1 heterocycles. The summed E-state index contributed by atoms with van der Waals surface area (Å²) >= 11 is 0. The first-order valence-corrected chi connectivity index (χ1v) is 9.57. The maximum Gasteiger partial charge on any atom is 0.0665 e. The van der Waals surface area contributed by atoms with E-state index in [1.807, 2.05) is 0 Å². The Morgan fingerprint density at radius 3 is 2.32 bits per heavy atom. The second-order valence-electron chi connectivity index (χ2n) is 7.46. The van der Waals surface area contributed by atoms with Gasteiger partial charge in [0.25, 0.3) is 0 Å². The maximum atomic E-state index is 10.0. The molecule has 0 bridgehead atoms. The molecule has 136 valence electrons. The number of allylic oxidation sites excluding steroid dienone is 5. The predicted octanol–water partition coefficient (Wildman–Crippen LogP) is 5.72. The summed E-state index contributed by atoms with van der Waals surface area (Å²) in [6.07, 6.45) is 8.93. The molecule has 2 nitrogen and oxygen atoms in total. The van der Waals surface area contributed by atoms with E-state index in [4.69, 9.17) is 0 Å². The van der Waals surface area contributed by atoms with Gasteiger partial charge in [-0.3, -0.25) is 0 Å². The number of anilines is 1. The Balaban J connectivity index is 2.64. The minimum atomic E-state index is 0.0999. The summed E-state index contributed by atoms with van der Waals surface area (Å²) in [6.45, 7) is 11.3.